The quantitative estimate of drug-likeness (QED) is 0.801. The number of hydrogen-bond donors (Lipinski definition) is 1. The largest absolute Gasteiger partial charge is 0.401 e. The van der Waals surface area contributed by atoms with E-state index in [1.807, 2.05) is 46.6 Å². The van der Waals surface area contributed by atoms with Gasteiger partial charge in [-0.3, -0.25) is 0 Å². The van der Waals surface area contributed by atoms with Crippen LogP contribution in [0.15, 0.2) is 0 Å². The number of alkyl halides is 3. The maximum Gasteiger partial charge on any atom is 0.401 e. The van der Waals surface area contributed by atoms with E-state index < -0.39 is 12.7 Å². The standard InChI is InChI=1S/C7H13F3N2.2C2H6/c1-5-6(3-12(5)2)11-4-7(8,9)10;2*1-2/h5-6,11H,3-4H2,1-2H3;2*1-2H3. The second kappa shape index (κ2) is 8.82. The maximum atomic E-state index is 11.7. The molecule has 1 N–H and O–H groups in total. The zero-order valence-corrected chi connectivity index (χ0v) is 11.2. The van der Waals surface area contributed by atoms with Gasteiger partial charge >= 0.3 is 6.18 Å². The van der Waals surface area contributed by atoms with Gasteiger partial charge in [0.25, 0.3) is 0 Å². The van der Waals surface area contributed by atoms with Crippen molar-refractivity contribution in [3.8, 4) is 0 Å². The van der Waals surface area contributed by atoms with Crippen LogP contribution in [0.4, 0.5) is 13.2 Å². The molecular weight excluding hydrogens is 217 g/mol. The molecule has 1 aliphatic rings. The van der Waals surface area contributed by atoms with E-state index in [0.717, 1.165) is 0 Å². The lowest BCUT2D eigenvalue weighted by Crippen LogP contribution is -2.63. The fourth-order valence-electron chi connectivity index (χ4n) is 1.28. The molecule has 1 heterocycles. The van der Waals surface area contributed by atoms with Gasteiger partial charge in [0, 0.05) is 18.6 Å². The lowest BCUT2D eigenvalue weighted by Gasteiger charge is -2.44. The van der Waals surface area contributed by atoms with Crippen molar-refractivity contribution in [3.63, 3.8) is 0 Å². The van der Waals surface area contributed by atoms with Crippen LogP contribution in [0.5, 0.6) is 0 Å². The molecule has 0 aromatic heterocycles. The second-order valence-corrected chi connectivity index (χ2v) is 3.28. The van der Waals surface area contributed by atoms with Crippen LogP contribution in [0, 0.1) is 0 Å². The Morgan fingerprint density at radius 1 is 1.19 bits per heavy atom. The van der Waals surface area contributed by atoms with Crippen molar-refractivity contribution in [2.45, 2.75) is 52.9 Å². The predicted octanol–water partition coefficient (Wildman–Crippen LogP) is 2.89. The van der Waals surface area contributed by atoms with E-state index in [2.05, 4.69) is 5.32 Å². The van der Waals surface area contributed by atoms with Crippen LogP contribution in [0.1, 0.15) is 34.6 Å². The minimum absolute atomic E-state index is 0.00313. The fourth-order valence-corrected chi connectivity index (χ4v) is 1.28. The van der Waals surface area contributed by atoms with E-state index in [1.165, 1.54) is 0 Å². The van der Waals surface area contributed by atoms with Gasteiger partial charge in [0.15, 0.2) is 0 Å². The summed E-state index contributed by atoms with van der Waals surface area (Å²) in [4.78, 5) is 2.01. The molecule has 16 heavy (non-hydrogen) atoms. The Hall–Kier alpha value is -0.290. The monoisotopic (exact) mass is 242 g/mol. The van der Waals surface area contributed by atoms with E-state index in [0.29, 0.717) is 6.54 Å². The van der Waals surface area contributed by atoms with Gasteiger partial charge < -0.3 is 10.2 Å². The Morgan fingerprint density at radius 2 is 1.62 bits per heavy atom. The number of rotatable bonds is 2. The molecule has 1 saturated heterocycles. The summed E-state index contributed by atoms with van der Waals surface area (Å²) in [5.74, 6) is 0. The number of nitrogens with zero attached hydrogens (tertiary/aromatic N) is 1. The molecule has 0 aromatic rings. The smallest absolute Gasteiger partial charge is 0.303 e. The highest BCUT2D eigenvalue weighted by Crippen LogP contribution is 2.17. The lowest BCUT2D eigenvalue weighted by atomic mass is 10.00. The first-order valence-electron chi connectivity index (χ1n) is 5.90. The number of hydrogen-bond acceptors (Lipinski definition) is 2. The molecule has 2 unspecified atom stereocenters. The molecule has 0 bridgehead atoms. The zero-order valence-electron chi connectivity index (χ0n) is 11.2. The van der Waals surface area contributed by atoms with Gasteiger partial charge in [-0.2, -0.15) is 13.2 Å². The van der Waals surface area contributed by atoms with E-state index in [-0.39, 0.29) is 12.1 Å². The van der Waals surface area contributed by atoms with Crippen LogP contribution in [0.3, 0.4) is 0 Å². The van der Waals surface area contributed by atoms with Crippen molar-refractivity contribution in [3.05, 3.63) is 0 Å². The van der Waals surface area contributed by atoms with E-state index >= 15 is 0 Å². The number of nitrogens with one attached hydrogen (secondary N) is 1. The minimum atomic E-state index is -4.09. The maximum absolute atomic E-state index is 11.7. The third-order valence-electron chi connectivity index (χ3n) is 2.33. The summed E-state index contributed by atoms with van der Waals surface area (Å²) in [5.41, 5.74) is 0. The Morgan fingerprint density at radius 3 is 1.88 bits per heavy atom. The summed E-state index contributed by atoms with van der Waals surface area (Å²) in [6, 6.07) is 0.212. The molecule has 2 atom stereocenters. The fraction of sp³-hybridized carbons (Fsp3) is 1.00. The van der Waals surface area contributed by atoms with Gasteiger partial charge in [-0.05, 0) is 14.0 Å². The van der Waals surface area contributed by atoms with Crippen molar-refractivity contribution in [1.29, 1.82) is 0 Å². The molecule has 100 valence electrons. The van der Waals surface area contributed by atoms with Gasteiger partial charge in [-0.25, -0.2) is 0 Å². The zero-order chi connectivity index (χ0) is 13.4. The highest BCUT2D eigenvalue weighted by atomic mass is 19.4. The van der Waals surface area contributed by atoms with E-state index in [9.17, 15) is 13.2 Å². The molecule has 1 rings (SSSR count). The van der Waals surface area contributed by atoms with Crippen molar-refractivity contribution in [2.24, 2.45) is 0 Å². The molecule has 0 amide bonds. The number of halogens is 3. The normalized spacial score (nSPS) is 24.6. The molecule has 5 heteroatoms. The summed E-state index contributed by atoms with van der Waals surface area (Å²) in [6.45, 7) is 9.74. The summed E-state index contributed by atoms with van der Waals surface area (Å²) >= 11 is 0. The summed E-state index contributed by atoms with van der Waals surface area (Å²) in [7, 11) is 1.90. The van der Waals surface area contributed by atoms with E-state index in [1.54, 1.807) is 0 Å². The Bertz CT molecular complexity index is 160. The SMILES string of the molecule is CC.CC.CC1C(NCC(F)(F)F)CN1C. The van der Waals surface area contributed by atoms with Gasteiger partial charge in [0.05, 0.1) is 6.54 Å². The molecule has 0 aromatic carbocycles. The average Bonchev–Trinajstić information content (AvgIpc) is 2.27. The summed E-state index contributed by atoms with van der Waals surface area (Å²) < 4.78 is 35.2. The highest BCUT2D eigenvalue weighted by molar-refractivity contribution is 4.92. The lowest BCUT2D eigenvalue weighted by molar-refractivity contribution is -0.129. The van der Waals surface area contributed by atoms with Crippen LogP contribution in [0.2, 0.25) is 0 Å². The highest BCUT2D eigenvalue weighted by Gasteiger charge is 2.35. The van der Waals surface area contributed by atoms with Crippen LogP contribution in [-0.2, 0) is 0 Å². The Kier molecular flexibility index (Phi) is 9.96. The van der Waals surface area contributed by atoms with E-state index in [4.69, 9.17) is 0 Å². The van der Waals surface area contributed by atoms with Gasteiger partial charge in [-0.15, -0.1) is 0 Å². The molecule has 1 aliphatic heterocycles. The summed E-state index contributed by atoms with van der Waals surface area (Å²) in [5, 5.41) is 2.47. The molecule has 0 spiro atoms. The topological polar surface area (TPSA) is 15.3 Å². The van der Waals surface area contributed by atoms with Crippen molar-refractivity contribution >= 4 is 0 Å². The molecule has 1 fully saturated rings. The van der Waals surface area contributed by atoms with Crippen LogP contribution < -0.4 is 5.32 Å². The Labute approximate surface area is 97.2 Å². The number of likely N-dealkylation sites (tertiary alicyclic amines) is 1. The first-order chi connectivity index (χ1) is 7.40. The Balaban J connectivity index is 0. The predicted molar refractivity (Wildman–Crippen MR) is 62.6 cm³/mol. The van der Waals surface area contributed by atoms with Crippen molar-refractivity contribution < 1.29 is 13.2 Å². The van der Waals surface area contributed by atoms with Gasteiger partial charge in [0.2, 0.25) is 0 Å². The summed E-state index contributed by atoms with van der Waals surface area (Å²) in [6.07, 6.45) is -4.09. The third kappa shape index (κ3) is 7.06. The van der Waals surface area contributed by atoms with Crippen molar-refractivity contribution in [1.82, 2.24) is 10.2 Å². The van der Waals surface area contributed by atoms with Gasteiger partial charge in [0.1, 0.15) is 0 Å². The number of likely N-dealkylation sites (N-methyl/N-ethyl adjacent to an activating group) is 1. The molecule has 0 radical (unpaired) electrons. The molecule has 2 nitrogen and oxygen atoms in total. The minimum Gasteiger partial charge on any atom is -0.303 e. The van der Waals surface area contributed by atoms with Gasteiger partial charge in [-0.1, -0.05) is 27.7 Å². The van der Waals surface area contributed by atoms with Crippen molar-refractivity contribution in [2.75, 3.05) is 20.1 Å². The average molecular weight is 242 g/mol. The molecule has 0 saturated carbocycles. The molecular formula is C11H25F3N2. The van der Waals surface area contributed by atoms with Crippen LogP contribution >= 0.6 is 0 Å². The van der Waals surface area contributed by atoms with Crippen LogP contribution in [0.25, 0.3) is 0 Å². The first-order valence-corrected chi connectivity index (χ1v) is 5.90. The molecule has 0 aliphatic carbocycles. The third-order valence-corrected chi connectivity index (χ3v) is 2.33. The second-order valence-electron chi connectivity index (χ2n) is 3.28. The first kappa shape index (κ1) is 18.1. The van der Waals surface area contributed by atoms with Crippen LogP contribution in [-0.4, -0.2) is 43.3 Å².